The zero-order chi connectivity index (χ0) is 16.8. The van der Waals surface area contributed by atoms with E-state index in [0.717, 1.165) is 36.1 Å². The van der Waals surface area contributed by atoms with Crippen LogP contribution in [0.25, 0.3) is 10.9 Å². The highest BCUT2D eigenvalue weighted by molar-refractivity contribution is 5.99. The summed E-state index contributed by atoms with van der Waals surface area (Å²) in [4.78, 5) is 11.8. The second kappa shape index (κ2) is 8.04. The van der Waals surface area contributed by atoms with E-state index < -0.39 is 0 Å². The molecule has 6 heteroatoms. The Morgan fingerprint density at radius 3 is 3.00 bits per heavy atom. The van der Waals surface area contributed by atoms with E-state index in [-0.39, 0.29) is 6.03 Å². The summed E-state index contributed by atoms with van der Waals surface area (Å²) in [6, 6.07) is 5.59. The van der Waals surface area contributed by atoms with Crippen molar-refractivity contribution in [3.63, 3.8) is 0 Å². The Morgan fingerprint density at radius 1 is 1.38 bits per heavy atom. The van der Waals surface area contributed by atoms with Crippen LogP contribution in [0.15, 0.2) is 18.2 Å². The lowest BCUT2D eigenvalue weighted by Crippen LogP contribution is -2.29. The molecule has 0 bridgehead atoms. The first-order chi connectivity index (χ1) is 11.8. The van der Waals surface area contributed by atoms with Crippen molar-refractivity contribution in [3.8, 4) is 5.75 Å². The standard InChI is InChI=1S/C18H26N4O2/c1-2-3-10-19-18(23)20-17-15-9-8-14(11-16(15)21-22-17)24-12-13-6-4-5-7-13/h8-9,11,13H,2-7,10,12H2,1H3,(H3,19,20,21,22,23). The van der Waals surface area contributed by atoms with Crippen LogP contribution in [0, 0.1) is 5.92 Å². The van der Waals surface area contributed by atoms with Crippen molar-refractivity contribution in [2.45, 2.75) is 45.4 Å². The molecule has 0 spiro atoms. The first-order valence-corrected chi connectivity index (χ1v) is 8.92. The number of hydrogen-bond acceptors (Lipinski definition) is 3. The maximum Gasteiger partial charge on any atom is 0.320 e. The first kappa shape index (κ1) is 16.6. The molecule has 1 aliphatic carbocycles. The third kappa shape index (κ3) is 4.19. The van der Waals surface area contributed by atoms with E-state index >= 15 is 0 Å². The molecule has 1 aromatic carbocycles. The van der Waals surface area contributed by atoms with Gasteiger partial charge in [-0.25, -0.2) is 4.79 Å². The summed E-state index contributed by atoms with van der Waals surface area (Å²) in [7, 11) is 0. The zero-order valence-corrected chi connectivity index (χ0v) is 14.2. The highest BCUT2D eigenvalue weighted by Gasteiger charge is 2.16. The van der Waals surface area contributed by atoms with Gasteiger partial charge in [0.1, 0.15) is 5.75 Å². The summed E-state index contributed by atoms with van der Waals surface area (Å²) in [5.41, 5.74) is 0.864. The van der Waals surface area contributed by atoms with Gasteiger partial charge in [-0.15, -0.1) is 0 Å². The zero-order valence-electron chi connectivity index (χ0n) is 14.2. The molecule has 1 aromatic heterocycles. The highest BCUT2D eigenvalue weighted by atomic mass is 16.5. The molecule has 3 rings (SSSR count). The summed E-state index contributed by atoms with van der Waals surface area (Å²) >= 11 is 0. The first-order valence-electron chi connectivity index (χ1n) is 8.92. The van der Waals surface area contributed by atoms with Gasteiger partial charge < -0.3 is 10.1 Å². The van der Waals surface area contributed by atoms with Crippen molar-refractivity contribution < 1.29 is 9.53 Å². The molecule has 0 unspecified atom stereocenters. The van der Waals surface area contributed by atoms with Crippen LogP contribution in [0.3, 0.4) is 0 Å². The molecular formula is C18H26N4O2. The Balaban J connectivity index is 1.59. The summed E-state index contributed by atoms with van der Waals surface area (Å²) < 4.78 is 5.91. The smallest absolute Gasteiger partial charge is 0.320 e. The van der Waals surface area contributed by atoms with Crippen LogP contribution in [0.1, 0.15) is 45.4 Å². The topological polar surface area (TPSA) is 79.0 Å². The van der Waals surface area contributed by atoms with Gasteiger partial charge in [0.15, 0.2) is 5.82 Å². The van der Waals surface area contributed by atoms with E-state index in [1.54, 1.807) is 0 Å². The molecule has 1 heterocycles. The van der Waals surface area contributed by atoms with Crippen molar-refractivity contribution in [3.05, 3.63) is 18.2 Å². The molecule has 3 N–H and O–H groups in total. The number of ether oxygens (including phenoxy) is 1. The predicted molar refractivity (Wildman–Crippen MR) is 95.5 cm³/mol. The number of hydrogen-bond donors (Lipinski definition) is 3. The minimum Gasteiger partial charge on any atom is -0.493 e. The van der Waals surface area contributed by atoms with Crippen molar-refractivity contribution in [1.29, 1.82) is 0 Å². The van der Waals surface area contributed by atoms with Crippen LogP contribution in [0.5, 0.6) is 5.75 Å². The molecule has 1 aliphatic rings. The van der Waals surface area contributed by atoms with Crippen LogP contribution < -0.4 is 15.4 Å². The van der Waals surface area contributed by atoms with Crippen LogP contribution >= 0.6 is 0 Å². The summed E-state index contributed by atoms with van der Waals surface area (Å²) in [5.74, 6) is 2.07. The minimum absolute atomic E-state index is 0.224. The molecule has 130 valence electrons. The summed E-state index contributed by atoms with van der Waals surface area (Å²) in [6.07, 6.45) is 7.21. The number of fused-ring (bicyclic) bond motifs is 1. The number of amides is 2. The lowest BCUT2D eigenvalue weighted by atomic mass is 10.1. The van der Waals surface area contributed by atoms with Gasteiger partial charge in [0.05, 0.1) is 12.1 Å². The van der Waals surface area contributed by atoms with E-state index in [0.29, 0.717) is 18.3 Å². The van der Waals surface area contributed by atoms with Gasteiger partial charge in [0.25, 0.3) is 0 Å². The molecule has 0 atom stereocenters. The summed E-state index contributed by atoms with van der Waals surface area (Å²) in [5, 5.41) is 13.6. The predicted octanol–water partition coefficient (Wildman–Crippen LogP) is 4.05. The molecule has 0 radical (unpaired) electrons. The SMILES string of the molecule is CCCCNC(=O)Nc1n[nH]c2cc(OCC3CCCC3)ccc12. The number of carbonyl (C=O) groups is 1. The minimum atomic E-state index is -0.224. The largest absolute Gasteiger partial charge is 0.493 e. The Kier molecular flexibility index (Phi) is 5.56. The number of nitrogens with one attached hydrogen (secondary N) is 3. The molecule has 2 amide bonds. The Labute approximate surface area is 142 Å². The third-order valence-electron chi connectivity index (χ3n) is 4.54. The lowest BCUT2D eigenvalue weighted by molar-refractivity contribution is 0.252. The molecule has 24 heavy (non-hydrogen) atoms. The normalized spacial score (nSPS) is 14.9. The van der Waals surface area contributed by atoms with E-state index in [1.165, 1.54) is 25.7 Å². The fourth-order valence-electron chi connectivity index (χ4n) is 3.11. The fourth-order valence-corrected chi connectivity index (χ4v) is 3.11. The lowest BCUT2D eigenvalue weighted by Gasteiger charge is -2.11. The van der Waals surface area contributed by atoms with Gasteiger partial charge >= 0.3 is 6.03 Å². The molecule has 0 aliphatic heterocycles. The fraction of sp³-hybridized carbons (Fsp3) is 0.556. The molecular weight excluding hydrogens is 304 g/mol. The average molecular weight is 330 g/mol. The van der Waals surface area contributed by atoms with Gasteiger partial charge in [-0.3, -0.25) is 10.4 Å². The van der Waals surface area contributed by atoms with Crippen LogP contribution in [-0.4, -0.2) is 29.4 Å². The number of aromatic amines is 1. The van der Waals surface area contributed by atoms with Gasteiger partial charge in [-0.2, -0.15) is 5.10 Å². The number of unbranched alkanes of at least 4 members (excludes halogenated alkanes) is 1. The van der Waals surface area contributed by atoms with Crippen molar-refractivity contribution >= 4 is 22.8 Å². The van der Waals surface area contributed by atoms with Crippen LogP contribution in [0.4, 0.5) is 10.6 Å². The van der Waals surface area contributed by atoms with E-state index in [9.17, 15) is 4.79 Å². The third-order valence-corrected chi connectivity index (χ3v) is 4.54. The second-order valence-corrected chi connectivity index (χ2v) is 6.48. The van der Waals surface area contributed by atoms with Crippen molar-refractivity contribution in [2.24, 2.45) is 5.92 Å². The van der Waals surface area contributed by atoms with E-state index in [2.05, 4.69) is 27.8 Å². The molecule has 1 fully saturated rings. The summed E-state index contributed by atoms with van der Waals surface area (Å²) in [6.45, 7) is 3.54. The maximum absolute atomic E-state index is 11.8. The number of benzene rings is 1. The van der Waals surface area contributed by atoms with Gasteiger partial charge in [0.2, 0.25) is 0 Å². The van der Waals surface area contributed by atoms with Crippen LogP contribution in [-0.2, 0) is 0 Å². The number of nitrogens with zero attached hydrogens (tertiary/aromatic N) is 1. The number of aromatic nitrogens is 2. The molecule has 6 nitrogen and oxygen atoms in total. The quantitative estimate of drug-likeness (QED) is 0.670. The Hall–Kier alpha value is -2.24. The monoisotopic (exact) mass is 330 g/mol. The van der Waals surface area contributed by atoms with Gasteiger partial charge in [0, 0.05) is 18.0 Å². The average Bonchev–Trinajstić information content (AvgIpc) is 3.23. The number of carbonyl (C=O) groups excluding carboxylic acids is 1. The van der Waals surface area contributed by atoms with Gasteiger partial charge in [-0.05, 0) is 37.3 Å². The van der Waals surface area contributed by atoms with E-state index in [4.69, 9.17) is 4.74 Å². The van der Waals surface area contributed by atoms with Crippen molar-refractivity contribution in [2.75, 3.05) is 18.5 Å². The van der Waals surface area contributed by atoms with Crippen LogP contribution in [0.2, 0.25) is 0 Å². The van der Waals surface area contributed by atoms with Crippen molar-refractivity contribution in [1.82, 2.24) is 15.5 Å². The molecule has 1 saturated carbocycles. The maximum atomic E-state index is 11.8. The number of H-pyrrole nitrogens is 1. The number of urea groups is 1. The molecule has 0 saturated heterocycles. The Bertz CT molecular complexity index is 677. The van der Waals surface area contributed by atoms with E-state index in [1.807, 2.05) is 18.2 Å². The highest BCUT2D eigenvalue weighted by Crippen LogP contribution is 2.28. The Morgan fingerprint density at radius 2 is 2.21 bits per heavy atom. The number of anilines is 1. The second-order valence-electron chi connectivity index (χ2n) is 6.48. The van der Waals surface area contributed by atoms with Gasteiger partial charge in [-0.1, -0.05) is 26.2 Å². The molecule has 2 aromatic rings. The number of rotatable bonds is 7.